The molecule has 0 unspecified atom stereocenters. The van der Waals surface area contributed by atoms with Crippen LogP contribution < -0.4 is 10.1 Å². The van der Waals surface area contributed by atoms with Crippen molar-refractivity contribution in [2.45, 2.75) is 50.1 Å². The van der Waals surface area contributed by atoms with Crippen molar-refractivity contribution in [1.82, 2.24) is 10.2 Å². The summed E-state index contributed by atoms with van der Waals surface area (Å²) in [4.78, 5) is 26.1. The molecule has 2 fully saturated rings. The van der Waals surface area contributed by atoms with Crippen LogP contribution in [0.1, 0.15) is 38.5 Å². The van der Waals surface area contributed by atoms with Crippen molar-refractivity contribution in [1.29, 1.82) is 0 Å². The summed E-state index contributed by atoms with van der Waals surface area (Å²) in [5, 5.41) is 2.91. The van der Waals surface area contributed by atoms with E-state index >= 15 is 0 Å². The molecule has 26 heavy (non-hydrogen) atoms. The molecule has 0 atom stereocenters. The number of hydrogen-bond acceptors (Lipinski definition) is 3. The van der Waals surface area contributed by atoms with E-state index in [4.69, 9.17) is 4.74 Å². The molecule has 1 aliphatic carbocycles. The summed E-state index contributed by atoms with van der Waals surface area (Å²) >= 11 is 0. The first-order valence-electron chi connectivity index (χ1n) is 9.14. The first-order chi connectivity index (χ1) is 12.5. The van der Waals surface area contributed by atoms with Crippen molar-refractivity contribution >= 4 is 11.8 Å². The molecule has 3 rings (SSSR count). The summed E-state index contributed by atoms with van der Waals surface area (Å²) in [7, 11) is 0. The molecule has 1 saturated carbocycles. The lowest BCUT2D eigenvalue weighted by atomic mass is 9.66. The van der Waals surface area contributed by atoms with Gasteiger partial charge >= 0.3 is 0 Å². The summed E-state index contributed by atoms with van der Waals surface area (Å²) in [5.74, 6) is -0.0236. The van der Waals surface area contributed by atoms with Crippen molar-refractivity contribution in [3.05, 3.63) is 42.7 Å². The maximum atomic E-state index is 13.2. The fourth-order valence-corrected chi connectivity index (χ4v) is 4.08. The van der Waals surface area contributed by atoms with Crippen LogP contribution in [0.3, 0.4) is 0 Å². The second-order valence-corrected chi connectivity index (χ2v) is 7.10. The number of hydrogen-bond donors (Lipinski definition) is 1. The Bertz CT molecular complexity index is 685. The quantitative estimate of drug-likeness (QED) is 0.794. The Hall–Kier alpha value is -2.37. The van der Waals surface area contributed by atoms with E-state index in [1.165, 1.54) is 18.2 Å². The summed E-state index contributed by atoms with van der Waals surface area (Å²) in [5.41, 5.74) is -0.132. The molecule has 1 saturated heterocycles. The normalized spacial score (nSPS) is 24.7. The minimum absolute atomic E-state index is 0.0644. The average Bonchev–Trinajstić information content (AvgIpc) is 2.60. The van der Waals surface area contributed by atoms with Gasteiger partial charge in [-0.05, 0) is 50.3 Å². The third-order valence-electron chi connectivity index (χ3n) is 5.31. The summed E-state index contributed by atoms with van der Waals surface area (Å²) in [6.45, 7) is 4.45. The van der Waals surface area contributed by atoms with Crippen LogP contribution in [-0.2, 0) is 9.59 Å². The van der Waals surface area contributed by atoms with E-state index in [-0.39, 0.29) is 42.2 Å². The SMILES string of the molecule is C=CC(=O)NC1CC2(CCCCN2C(=O)CCOc2cccc(F)c2)C1. The molecule has 5 nitrogen and oxygen atoms in total. The molecule has 0 bridgehead atoms. The Balaban J connectivity index is 1.52. The molecule has 2 aliphatic rings. The number of carbonyl (C=O) groups excluding carboxylic acids is 2. The minimum Gasteiger partial charge on any atom is -0.493 e. The first-order valence-corrected chi connectivity index (χ1v) is 9.14. The number of likely N-dealkylation sites (tertiary alicyclic amines) is 1. The summed E-state index contributed by atoms with van der Waals surface area (Å²) in [6, 6.07) is 6.03. The van der Waals surface area contributed by atoms with Gasteiger partial charge in [0.25, 0.3) is 0 Å². The van der Waals surface area contributed by atoms with Crippen LogP contribution in [-0.4, -0.2) is 41.4 Å². The number of nitrogens with zero attached hydrogens (tertiary/aromatic N) is 1. The molecule has 6 heteroatoms. The number of ether oxygens (including phenoxy) is 1. The fourth-order valence-electron chi connectivity index (χ4n) is 4.08. The topological polar surface area (TPSA) is 58.6 Å². The number of halogens is 1. The zero-order chi connectivity index (χ0) is 18.6. The van der Waals surface area contributed by atoms with Gasteiger partial charge < -0.3 is 15.0 Å². The lowest BCUT2D eigenvalue weighted by molar-refractivity contribution is -0.147. The molecule has 1 aliphatic heterocycles. The summed E-state index contributed by atoms with van der Waals surface area (Å²) < 4.78 is 18.7. The second-order valence-electron chi connectivity index (χ2n) is 7.10. The van der Waals surface area contributed by atoms with E-state index in [0.29, 0.717) is 5.75 Å². The van der Waals surface area contributed by atoms with Crippen LogP contribution in [0.15, 0.2) is 36.9 Å². The van der Waals surface area contributed by atoms with Crippen LogP contribution in [0.4, 0.5) is 4.39 Å². The van der Waals surface area contributed by atoms with Gasteiger partial charge in [-0.2, -0.15) is 0 Å². The highest BCUT2D eigenvalue weighted by molar-refractivity contribution is 5.87. The van der Waals surface area contributed by atoms with Crippen molar-refractivity contribution in [2.24, 2.45) is 0 Å². The van der Waals surface area contributed by atoms with Crippen molar-refractivity contribution in [3.63, 3.8) is 0 Å². The van der Waals surface area contributed by atoms with Gasteiger partial charge in [0.15, 0.2) is 0 Å². The Labute approximate surface area is 153 Å². The van der Waals surface area contributed by atoms with Gasteiger partial charge in [0, 0.05) is 24.2 Å². The van der Waals surface area contributed by atoms with E-state index in [2.05, 4.69) is 11.9 Å². The molecule has 1 aromatic rings. The van der Waals surface area contributed by atoms with Gasteiger partial charge in [-0.15, -0.1) is 0 Å². The van der Waals surface area contributed by atoms with Gasteiger partial charge in [-0.1, -0.05) is 12.6 Å². The van der Waals surface area contributed by atoms with Crippen LogP contribution in [0.2, 0.25) is 0 Å². The number of amides is 2. The number of benzene rings is 1. The Morgan fingerprint density at radius 1 is 1.38 bits per heavy atom. The van der Waals surface area contributed by atoms with Crippen LogP contribution in [0.5, 0.6) is 5.75 Å². The van der Waals surface area contributed by atoms with E-state index in [0.717, 1.165) is 38.6 Å². The smallest absolute Gasteiger partial charge is 0.243 e. The molecule has 0 radical (unpaired) electrons. The van der Waals surface area contributed by atoms with E-state index < -0.39 is 0 Å². The van der Waals surface area contributed by atoms with Crippen LogP contribution in [0, 0.1) is 5.82 Å². The molecule has 0 aromatic heterocycles. The van der Waals surface area contributed by atoms with Gasteiger partial charge in [0.05, 0.1) is 13.0 Å². The molecular formula is C20H25FN2O3. The zero-order valence-electron chi connectivity index (χ0n) is 14.9. The predicted octanol–water partition coefficient (Wildman–Crippen LogP) is 2.81. The Kier molecular flexibility index (Phi) is 5.59. The van der Waals surface area contributed by atoms with Gasteiger partial charge in [0.2, 0.25) is 11.8 Å². The maximum Gasteiger partial charge on any atom is 0.243 e. The fraction of sp³-hybridized carbons (Fsp3) is 0.500. The van der Waals surface area contributed by atoms with Crippen molar-refractivity contribution < 1.29 is 18.7 Å². The molecule has 2 amide bonds. The molecule has 1 aromatic carbocycles. The van der Waals surface area contributed by atoms with Gasteiger partial charge in [-0.25, -0.2) is 4.39 Å². The molecule has 1 spiro atoms. The third-order valence-corrected chi connectivity index (χ3v) is 5.31. The molecule has 1 heterocycles. The molecular weight excluding hydrogens is 335 g/mol. The highest BCUT2D eigenvalue weighted by Crippen LogP contribution is 2.44. The monoisotopic (exact) mass is 360 g/mol. The Morgan fingerprint density at radius 3 is 2.92 bits per heavy atom. The van der Waals surface area contributed by atoms with Gasteiger partial charge in [0.1, 0.15) is 11.6 Å². The minimum atomic E-state index is -0.356. The lowest BCUT2D eigenvalue weighted by Gasteiger charge is -2.56. The average molecular weight is 360 g/mol. The van der Waals surface area contributed by atoms with E-state index in [9.17, 15) is 14.0 Å². The van der Waals surface area contributed by atoms with Crippen molar-refractivity contribution in [2.75, 3.05) is 13.2 Å². The predicted molar refractivity (Wildman–Crippen MR) is 96.2 cm³/mol. The highest BCUT2D eigenvalue weighted by Gasteiger charge is 2.51. The van der Waals surface area contributed by atoms with Gasteiger partial charge in [-0.3, -0.25) is 9.59 Å². The standard InChI is InChI=1S/C20H25FN2O3/c1-2-18(24)22-16-13-20(14-16)9-3-4-10-23(20)19(25)8-11-26-17-7-5-6-15(21)12-17/h2,5-7,12,16H,1,3-4,8-11,13-14H2,(H,22,24). The zero-order valence-corrected chi connectivity index (χ0v) is 14.9. The number of rotatable bonds is 6. The second kappa shape index (κ2) is 7.89. The maximum absolute atomic E-state index is 13.2. The highest BCUT2D eigenvalue weighted by atomic mass is 19.1. The molecule has 140 valence electrons. The van der Waals surface area contributed by atoms with E-state index in [1.807, 2.05) is 4.90 Å². The first kappa shape index (κ1) is 18.4. The third kappa shape index (κ3) is 4.06. The molecule has 1 N–H and O–H groups in total. The van der Waals surface area contributed by atoms with E-state index in [1.54, 1.807) is 12.1 Å². The van der Waals surface area contributed by atoms with Crippen molar-refractivity contribution in [3.8, 4) is 5.75 Å². The summed E-state index contributed by atoms with van der Waals surface area (Å²) in [6.07, 6.45) is 6.21. The van der Waals surface area contributed by atoms with Crippen LogP contribution >= 0.6 is 0 Å². The number of piperidine rings is 1. The largest absolute Gasteiger partial charge is 0.493 e. The lowest BCUT2D eigenvalue weighted by Crippen LogP contribution is -2.66. The number of nitrogens with one attached hydrogen (secondary N) is 1. The Morgan fingerprint density at radius 2 is 2.19 bits per heavy atom. The number of carbonyl (C=O) groups is 2. The van der Waals surface area contributed by atoms with Crippen LogP contribution in [0.25, 0.3) is 0 Å².